The molecule has 0 saturated heterocycles. The standard InChI is InChI=1S/C13H10BrN5/c1-17-7-9-4-10(14)2-3-12(9)19-8-18-11(5-15)13(19)6-16/h2-4,8,17H,7H2,1H3. The molecule has 5 nitrogen and oxygen atoms in total. The molecule has 1 aromatic carbocycles. The maximum absolute atomic E-state index is 9.17. The normalized spacial score (nSPS) is 9.89. The minimum atomic E-state index is 0.140. The quantitative estimate of drug-likeness (QED) is 0.940. The molecule has 94 valence electrons. The maximum Gasteiger partial charge on any atom is 0.177 e. The molecule has 2 aromatic rings. The molecule has 0 spiro atoms. The third kappa shape index (κ3) is 2.50. The van der Waals surface area contributed by atoms with Crippen molar-refractivity contribution in [3.05, 3.63) is 46.0 Å². The molecule has 1 N–H and O–H groups in total. The largest absolute Gasteiger partial charge is 0.316 e. The van der Waals surface area contributed by atoms with Gasteiger partial charge in [0.25, 0.3) is 0 Å². The van der Waals surface area contributed by atoms with Crippen molar-refractivity contribution in [2.45, 2.75) is 6.54 Å². The van der Waals surface area contributed by atoms with E-state index in [4.69, 9.17) is 10.5 Å². The highest BCUT2D eigenvalue weighted by Gasteiger charge is 2.14. The highest BCUT2D eigenvalue weighted by atomic mass is 79.9. The first-order chi connectivity index (χ1) is 9.21. The van der Waals surface area contributed by atoms with Gasteiger partial charge in [-0.05, 0) is 30.8 Å². The summed E-state index contributed by atoms with van der Waals surface area (Å²) < 4.78 is 2.60. The van der Waals surface area contributed by atoms with E-state index >= 15 is 0 Å². The van der Waals surface area contributed by atoms with E-state index in [1.54, 1.807) is 4.57 Å². The van der Waals surface area contributed by atoms with E-state index in [1.807, 2.05) is 37.4 Å². The molecule has 2 rings (SSSR count). The fourth-order valence-corrected chi connectivity index (χ4v) is 2.25. The number of halogens is 1. The van der Waals surface area contributed by atoms with Crippen LogP contribution in [0.1, 0.15) is 17.0 Å². The summed E-state index contributed by atoms with van der Waals surface area (Å²) in [5, 5.41) is 21.2. The highest BCUT2D eigenvalue weighted by molar-refractivity contribution is 9.10. The van der Waals surface area contributed by atoms with E-state index in [1.165, 1.54) is 6.33 Å². The summed E-state index contributed by atoms with van der Waals surface area (Å²) in [6.45, 7) is 0.652. The van der Waals surface area contributed by atoms with E-state index < -0.39 is 0 Å². The van der Waals surface area contributed by atoms with Crippen LogP contribution in [0.2, 0.25) is 0 Å². The number of hydrogen-bond acceptors (Lipinski definition) is 4. The number of imidazole rings is 1. The zero-order valence-electron chi connectivity index (χ0n) is 10.2. The fraction of sp³-hybridized carbons (Fsp3) is 0.154. The number of hydrogen-bond donors (Lipinski definition) is 1. The molecule has 0 unspecified atom stereocenters. The van der Waals surface area contributed by atoms with E-state index in [0.29, 0.717) is 6.54 Å². The van der Waals surface area contributed by atoms with Gasteiger partial charge in [-0.1, -0.05) is 15.9 Å². The van der Waals surface area contributed by atoms with E-state index in [0.717, 1.165) is 15.7 Å². The number of nitrogens with zero attached hydrogens (tertiary/aromatic N) is 4. The third-order valence-electron chi connectivity index (χ3n) is 2.65. The summed E-state index contributed by atoms with van der Waals surface area (Å²) in [7, 11) is 1.85. The Balaban J connectivity index is 2.63. The Bertz CT molecular complexity index is 690. The Morgan fingerprint density at radius 2 is 2.16 bits per heavy atom. The van der Waals surface area contributed by atoms with Gasteiger partial charge in [-0.3, -0.25) is 4.57 Å². The van der Waals surface area contributed by atoms with Crippen LogP contribution < -0.4 is 5.32 Å². The number of benzene rings is 1. The van der Waals surface area contributed by atoms with Crippen LogP contribution in [0.3, 0.4) is 0 Å². The molecule has 0 fully saturated rings. The van der Waals surface area contributed by atoms with Gasteiger partial charge in [0.2, 0.25) is 0 Å². The Labute approximate surface area is 119 Å². The van der Waals surface area contributed by atoms with Crippen molar-refractivity contribution < 1.29 is 0 Å². The summed E-state index contributed by atoms with van der Waals surface area (Å²) in [5.41, 5.74) is 2.24. The van der Waals surface area contributed by atoms with Crippen molar-refractivity contribution in [1.82, 2.24) is 14.9 Å². The highest BCUT2D eigenvalue weighted by Crippen LogP contribution is 2.22. The lowest BCUT2D eigenvalue weighted by atomic mass is 10.1. The molecule has 0 bridgehead atoms. The lowest BCUT2D eigenvalue weighted by Crippen LogP contribution is -2.09. The number of nitriles is 2. The smallest absolute Gasteiger partial charge is 0.177 e. The summed E-state index contributed by atoms with van der Waals surface area (Å²) in [5.74, 6) is 0. The van der Waals surface area contributed by atoms with Crippen molar-refractivity contribution in [3.63, 3.8) is 0 Å². The second-order valence-corrected chi connectivity index (χ2v) is 4.75. The molecule has 0 aliphatic heterocycles. The first-order valence-electron chi connectivity index (χ1n) is 5.52. The molecule has 6 heteroatoms. The van der Waals surface area contributed by atoms with Gasteiger partial charge >= 0.3 is 0 Å². The zero-order valence-corrected chi connectivity index (χ0v) is 11.8. The number of rotatable bonds is 3. The maximum atomic E-state index is 9.17. The van der Waals surface area contributed by atoms with Crippen LogP contribution in [0.5, 0.6) is 0 Å². The number of aromatic nitrogens is 2. The van der Waals surface area contributed by atoms with Crippen LogP contribution in [-0.2, 0) is 6.54 Å². The van der Waals surface area contributed by atoms with Gasteiger partial charge in [-0.15, -0.1) is 0 Å². The summed E-state index contributed by atoms with van der Waals surface area (Å²) in [6.07, 6.45) is 1.50. The van der Waals surface area contributed by atoms with Crippen molar-refractivity contribution in [2.75, 3.05) is 7.05 Å². The predicted molar refractivity (Wildman–Crippen MR) is 73.5 cm³/mol. The van der Waals surface area contributed by atoms with E-state index in [9.17, 15) is 0 Å². The van der Waals surface area contributed by atoms with Crippen molar-refractivity contribution in [1.29, 1.82) is 10.5 Å². The molecule has 0 radical (unpaired) electrons. The molecule has 1 aromatic heterocycles. The van der Waals surface area contributed by atoms with E-state index in [-0.39, 0.29) is 11.4 Å². The Morgan fingerprint density at radius 3 is 2.79 bits per heavy atom. The van der Waals surface area contributed by atoms with Gasteiger partial charge in [-0.2, -0.15) is 10.5 Å². The zero-order chi connectivity index (χ0) is 13.8. The molecule has 0 amide bonds. The summed E-state index contributed by atoms with van der Waals surface area (Å²) in [4.78, 5) is 3.95. The first kappa shape index (κ1) is 13.3. The minimum absolute atomic E-state index is 0.140. The van der Waals surface area contributed by atoms with Crippen LogP contribution >= 0.6 is 15.9 Å². The Hall–Kier alpha value is -2.15. The van der Waals surface area contributed by atoms with Gasteiger partial charge in [0.05, 0.1) is 5.69 Å². The molecule has 0 saturated carbocycles. The second-order valence-electron chi connectivity index (χ2n) is 3.84. The second kappa shape index (κ2) is 5.66. The van der Waals surface area contributed by atoms with Crippen molar-refractivity contribution in [3.8, 4) is 17.8 Å². The van der Waals surface area contributed by atoms with Crippen LogP contribution in [0, 0.1) is 22.7 Å². The molecule has 19 heavy (non-hydrogen) atoms. The fourth-order valence-electron chi connectivity index (χ4n) is 1.84. The average Bonchev–Trinajstić information content (AvgIpc) is 2.82. The van der Waals surface area contributed by atoms with Gasteiger partial charge in [0, 0.05) is 11.0 Å². The summed E-state index contributed by atoms with van der Waals surface area (Å²) >= 11 is 3.42. The van der Waals surface area contributed by atoms with Crippen molar-refractivity contribution in [2.24, 2.45) is 0 Å². The number of nitrogens with one attached hydrogen (secondary N) is 1. The minimum Gasteiger partial charge on any atom is -0.316 e. The topological polar surface area (TPSA) is 77.4 Å². The lowest BCUT2D eigenvalue weighted by molar-refractivity contribution is 0.806. The molecule has 0 aliphatic carbocycles. The third-order valence-corrected chi connectivity index (χ3v) is 3.14. The van der Waals surface area contributed by atoms with Gasteiger partial charge < -0.3 is 5.32 Å². The molecule has 0 atom stereocenters. The molecular weight excluding hydrogens is 306 g/mol. The Morgan fingerprint density at radius 1 is 1.37 bits per heavy atom. The molecular formula is C13H10BrN5. The SMILES string of the molecule is CNCc1cc(Br)ccc1-n1cnc(C#N)c1C#N. The van der Waals surface area contributed by atoms with Crippen molar-refractivity contribution >= 4 is 15.9 Å². The van der Waals surface area contributed by atoms with Crippen LogP contribution in [0.25, 0.3) is 5.69 Å². The molecule has 1 heterocycles. The van der Waals surface area contributed by atoms with Gasteiger partial charge in [-0.25, -0.2) is 4.98 Å². The average molecular weight is 316 g/mol. The Kier molecular flexibility index (Phi) is 3.96. The van der Waals surface area contributed by atoms with Gasteiger partial charge in [0.1, 0.15) is 18.5 Å². The van der Waals surface area contributed by atoms with Crippen LogP contribution in [0.15, 0.2) is 29.0 Å². The van der Waals surface area contributed by atoms with Gasteiger partial charge in [0.15, 0.2) is 11.4 Å². The monoisotopic (exact) mass is 315 g/mol. The van der Waals surface area contributed by atoms with E-state index in [2.05, 4.69) is 26.2 Å². The summed E-state index contributed by atoms with van der Waals surface area (Å²) in [6, 6.07) is 9.69. The predicted octanol–water partition coefficient (Wildman–Crippen LogP) is 2.10. The molecule has 0 aliphatic rings. The first-order valence-corrected chi connectivity index (χ1v) is 6.31. The lowest BCUT2D eigenvalue weighted by Gasteiger charge is -2.11. The van der Waals surface area contributed by atoms with Crippen LogP contribution in [-0.4, -0.2) is 16.6 Å². The van der Waals surface area contributed by atoms with Crippen LogP contribution in [0.4, 0.5) is 0 Å².